The van der Waals surface area contributed by atoms with Gasteiger partial charge < -0.3 is 19.9 Å². The first kappa shape index (κ1) is 17.0. The lowest BCUT2D eigenvalue weighted by Crippen LogP contribution is -2.20. The van der Waals surface area contributed by atoms with Crippen LogP contribution in [0.15, 0.2) is 42.5 Å². The molecular formula is C17H19F2NO3. The topological polar surface area (TPSA) is 53.7 Å². The molecule has 2 rings (SSSR count). The van der Waals surface area contributed by atoms with E-state index in [0.717, 1.165) is 5.56 Å². The van der Waals surface area contributed by atoms with E-state index >= 15 is 0 Å². The van der Waals surface area contributed by atoms with Crippen LogP contribution in [0.1, 0.15) is 17.2 Å². The molecule has 23 heavy (non-hydrogen) atoms. The van der Waals surface area contributed by atoms with Gasteiger partial charge in [0.25, 0.3) is 6.43 Å². The molecule has 0 amide bonds. The van der Waals surface area contributed by atoms with Gasteiger partial charge in [-0.2, -0.15) is 0 Å². The summed E-state index contributed by atoms with van der Waals surface area (Å²) in [4.78, 5) is 0. The van der Waals surface area contributed by atoms with Crippen molar-refractivity contribution in [2.45, 2.75) is 19.1 Å². The quantitative estimate of drug-likeness (QED) is 0.846. The predicted octanol–water partition coefficient (Wildman–Crippen LogP) is 3.55. The predicted molar refractivity (Wildman–Crippen MR) is 83.3 cm³/mol. The van der Waals surface area contributed by atoms with Crippen LogP contribution in [0, 0.1) is 0 Å². The van der Waals surface area contributed by atoms with E-state index < -0.39 is 12.5 Å². The Kier molecular flexibility index (Phi) is 5.76. The van der Waals surface area contributed by atoms with E-state index in [2.05, 4.69) is 0 Å². The van der Waals surface area contributed by atoms with Crippen LogP contribution in [0.2, 0.25) is 0 Å². The van der Waals surface area contributed by atoms with Gasteiger partial charge in [-0.15, -0.1) is 0 Å². The number of methoxy groups -OCH3 is 2. The van der Waals surface area contributed by atoms with Crippen molar-refractivity contribution in [3.05, 3.63) is 53.6 Å². The average Bonchev–Trinajstić information content (AvgIpc) is 2.59. The number of nitrogens with two attached hydrogens (primary N) is 1. The summed E-state index contributed by atoms with van der Waals surface area (Å²) in [6.07, 6.45) is -2.72. The Bertz CT molecular complexity index is 635. The lowest BCUT2D eigenvalue weighted by Gasteiger charge is -2.19. The third-order valence-corrected chi connectivity index (χ3v) is 3.38. The zero-order valence-corrected chi connectivity index (χ0v) is 13.0. The number of ether oxygens (including phenoxy) is 3. The Balaban J connectivity index is 2.34. The van der Waals surface area contributed by atoms with E-state index in [-0.39, 0.29) is 17.9 Å². The molecule has 2 aromatic carbocycles. The van der Waals surface area contributed by atoms with Gasteiger partial charge in [-0.25, -0.2) is 8.78 Å². The highest BCUT2D eigenvalue weighted by Gasteiger charge is 2.24. The monoisotopic (exact) mass is 323 g/mol. The SMILES string of the molecule is COc1cc(OCc2ccccc2)c([C@H](N)C(F)F)cc1OC. The van der Waals surface area contributed by atoms with E-state index in [1.54, 1.807) is 0 Å². The maximum Gasteiger partial charge on any atom is 0.257 e. The molecule has 0 aliphatic heterocycles. The van der Waals surface area contributed by atoms with Crippen molar-refractivity contribution in [2.24, 2.45) is 5.73 Å². The van der Waals surface area contributed by atoms with Gasteiger partial charge in [-0.1, -0.05) is 30.3 Å². The van der Waals surface area contributed by atoms with Crippen molar-refractivity contribution >= 4 is 0 Å². The number of hydrogen-bond acceptors (Lipinski definition) is 4. The molecule has 0 heterocycles. The molecule has 0 fully saturated rings. The summed E-state index contributed by atoms with van der Waals surface area (Å²) in [5.74, 6) is 0.964. The van der Waals surface area contributed by atoms with Crippen LogP contribution in [0.25, 0.3) is 0 Å². The van der Waals surface area contributed by atoms with Gasteiger partial charge in [0, 0.05) is 11.6 Å². The van der Waals surface area contributed by atoms with Crippen LogP contribution in [0.3, 0.4) is 0 Å². The highest BCUT2D eigenvalue weighted by molar-refractivity contribution is 5.52. The Morgan fingerprint density at radius 3 is 2.13 bits per heavy atom. The van der Waals surface area contributed by atoms with Crippen LogP contribution in [0.4, 0.5) is 8.78 Å². The van der Waals surface area contributed by atoms with Gasteiger partial charge in [-0.3, -0.25) is 0 Å². The highest BCUT2D eigenvalue weighted by Crippen LogP contribution is 2.38. The Morgan fingerprint density at radius 2 is 1.57 bits per heavy atom. The Hall–Kier alpha value is -2.34. The molecule has 0 spiro atoms. The largest absolute Gasteiger partial charge is 0.493 e. The van der Waals surface area contributed by atoms with Gasteiger partial charge in [0.2, 0.25) is 0 Å². The molecular weight excluding hydrogens is 304 g/mol. The van der Waals surface area contributed by atoms with E-state index in [9.17, 15) is 8.78 Å². The molecule has 2 N–H and O–H groups in total. The van der Waals surface area contributed by atoms with Crippen LogP contribution in [0.5, 0.6) is 17.2 Å². The lowest BCUT2D eigenvalue weighted by molar-refractivity contribution is 0.114. The van der Waals surface area contributed by atoms with Crippen LogP contribution in [-0.4, -0.2) is 20.6 Å². The van der Waals surface area contributed by atoms with Gasteiger partial charge in [0.15, 0.2) is 11.5 Å². The van der Waals surface area contributed by atoms with Crippen molar-refractivity contribution < 1.29 is 23.0 Å². The molecule has 2 aromatic rings. The van der Waals surface area contributed by atoms with Crippen LogP contribution < -0.4 is 19.9 Å². The first-order valence-electron chi connectivity index (χ1n) is 7.03. The lowest BCUT2D eigenvalue weighted by atomic mass is 10.1. The summed E-state index contributed by atoms with van der Waals surface area (Å²) in [6.45, 7) is 0.235. The minimum Gasteiger partial charge on any atom is -0.493 e. The van der Waals surface area contributed by atoms with Gasteiger partial charge >= 0.3 is 0 Å². The van der Waals surface area contributed by atoms with E-state index in [1.165, 1.54) is 26.4 Å². The smallest absolute Gasteiger partial charge is 0.257 e. The molecule has 0 aliphatic rings. The molecule has 0 saturated heterocycles. The molecule has 124 valence electrons. The van der Waals surface area contributed by atoms with E-state index in [0.29, 0.717) is 11.5 Å². The summed E-state index contributed by atoms with van der Waals surface area (Å²) in [7, 11) is 2.89. The first-order chi connectivity index (χ1) is 11.1. The highest BCUT2D eigenvalue weighted by atomic mass is 19.3. The average molecular weight is 323 g/mol. The van der Waals surface area contributed by atoms with Crippen molar-refractivity contribution in [3.63, 3.8) is 0 Å². The van der Waals surface area contributed by atoms with Crippen molar-refractivity contribution in [1.82, 2.24) is 0 Å². The summed E-state index contributed by atoms with van der Waals surface area (Å²) < 4.78 is 42.1. The summed E-state index contributed by atoms with van der Waals surface area (Å²) in [5.41, 5.74) is 6.69. The number of alkyl halides is 2. The van der Waals surface area contributed by atoms with Gasteiger partial charge in [0.1, 0.15) is 12.4 Å². The van der Waals surface area contributed by atoms with Gasteiger partial charge in [-0.05, 0) is 11.6 Å². The van der Waals surface area contributed by atoms with E-state index in [4.69, 9.17) is 19.9 Å². The molecule has 4 nitrogen and oxygen atoms in total. The zero-order valence-electron chi connectivity index (χ0n) is 13.0. The maximum absolute atomic E-state index is 13.0. The second-order valence-corrected chi connectivity index (χ2v) is 4.88. The molecule has 0 aromatic heterocycles. The maximum atomic E-state index is 13.0. The zero-order chi connectivity index (χ0) is 16.8. The molecule has 6 heteroatoms. The molecule has 0 radical (unpaired) electrons. The second kappa shape index (κ2) is 7.78. The molecule has 0 saturated carbocycles. The summed E-state index contributed by atoms with van der Waals surface area (Å²) >= 11 is 0. The minimum atomic E-state index is -2.72. The minimum absolute atomic E-state index is 0.175. The summed E-state index contributed by atoms with van der Waals surface area (Å²) in [6, 6.07) is 10.9. The third-order valence-electron chi connectivity index (χ3n) is 3.38. The van der Waals surface area contributed by atoms with Crippen molar-refractivity contribution in [1.29, 1.82) is 0 Å². The van der Waals surface area contributed by atoms with E-state index in [1.807, 2.05) is 30.3 Å². The number of benzene rings is 2. The fraction of sp³-hybridized carbons (Fsp3) is 0.294. The Morgan fingerprint density at radius 1 is 0.957 bits per heavy atom. The second-order valence-electron chi connectivity index (χ2n) is 4.88. The van der Waals surface area contributed by atoms with Gasteiger partial charge in [0.05, 0.1) is 20.3 Å². The number of rotatable bonds is 7. The standard InChI is InChI=1S/C17H19F2NO3/c1-21-14-8-12(16(20)17(18)19)13(9-15(14)22-2)23-10-11-6-4-3-5-7-11/h3-9,16-17H,10,20H2,1-2H3/t16-/m0/s1. The third kappa shape index (κ3) is 4.10. The fourth-order valence-corrected chi connectivity index (χ4v) is 2.13. The normalized spacial score (nSPS) is 12.1. The molecule has 0 bridgehead atoms. The van der Waals surface area contributed by atoms with Crippen LogP contribution >= 0.6 is 0 Å². The van der Waals surface area contributed by atoms with Crippen molar-refractivity contribution in [2.75, 3.05) is 14.2 Å². The molecule has 1 atom stereocenters. The fourth-order valence-electron chi connectivity index (χ4n) is 2.13. The Labute approximate surface area is 133 Å². The number of hydrogen-bond donors (Lipinski definition) is 1. The number of halogens is 2. The molecule has 0 aliphatic carbocycles. The first-order valence-corrected chi connectivity index (χ1v) is 7.03. The summed E-state index contributed by atoms with van der Waals surface area (Å²) in [5, 5.41) is 0. The molecule has 0 unspecified atom stereocenters. The van der Waals surface area contributed by atoms with Crippen LogP contribution in [-0.2, 0) is 6.61 Å². The van der Waals surface area contributed by atoms with Crippen molar-refractivity contribution in [3.8, 4) is 17.2 Å².